The number of furan rings is 1. The van der Waals surface area contributed by atoms with E-state index >= 15 is 0 Å². The summed E-state index contributed by atoms with van der Waals surface area (Å²) in [5.41, 5.74) is 0.447. The number of benzene rings is 2. The van der Waals surface area contributed by atoms with Crippen molar-refractivity contribution in [1.82, 2.24) is 0 Å². The molecule has 166 valence electrons. The number of carboxylic acids is 1. The molecule has 0 radical (unpaired) electrons. The third kappa shape index (κ3) is 5.07. The fourth-order valence-corrected chi connectivity index (χ4v) is 2.95. The van der Waals surface area contributed by atoms with Gasteiger partial charge in [0.25, 0.3) is 11.8 Å². The van der Waals surface area contributed by atoms with E-state index in [1.54, 1.807) is 26.0 Å². The average Bonchev–Trinajstić information content (AvgIpc) is 3.32. The van der Waals surface area contributed by atoms with E-state index in [1.807, 2.05) is 0 Å². The van der Waals surface area contributed by atoms with Gasteiger partial charge in [-0.1, -0.05) is 12.1 Å². The molecule has 0 bridgehead atoms. The topological polar surface area (TPSA) is 127 Å². The van der Waals surface area contributed by atoms with Gasteiger partial charge >= 0.3 is 5.97 Å². The standard InChI is InChI=1S/C23H22N2O7/c1-3-30-19-13-17(25-22(27)18-10-7-11-32-18)20(31-4-2)12-16(19)24-21(26)14-8-5-6-9-15(14)23(28)29/h5-13H,3-4H2,1-2H3,(H,24,26)(H,25,27)(H,28,29). The first-order chi connectivity index (χ1) is 15.4. The van der Waals surface area contributed by atoms with Crippen LogP contribution in [0.1, 0.15) is 45.1 Å². The van der Waals surface area contributed by atoms with Crippen LogP contribution in [0.3, 0.4) is 0 Å². The van der Waals surface area contributed by atoms with Crippen molar-refractivity contribution in [3.05, 3.63) is 71.7 Å². The van der Waals surface area contributed by atoms with Gasteiger partial charge in [-0.05, 0) is 38.1 Å². The summed E-state index contributed by atoms with van der Waals surface area (Å²) in [6.07, 6.45) is 1.39. The molecule has 0 aliphatic heterocycles. The summed E-state index contributed by atoms with van der Waals surface area (Å²) in [4.78, 5) is 36.7. The molecule has 9 nitrogen and oxygen atoms in total. The van der Waals surface area contributed by atoms with Crippen molar-refractivity contribution < 1.29 is 33.4 Å². The van der Waals surface area contributed by atoms with Crippen molar-refractivity contribution in [2.45, 2.75) is 13.8 Å². The Labute approximate surface area is 184 Å². The highest BCUT2D eigenvalue weighted by Gasteiger charge is 2.20. The highest BCUT2D eigenvalue weighted by Crippen LogP contribution is 2.37. The normalized spacial score (nSPS) is 10.3. The Balaban J connectivity index is 1.96. The van der Waals surface area contributed by atoms with Gasteiger partial charge in [-0.3, -0.25) is 9.59 Å². The highest BCUT2D eigenvalue weighted by molar-refractivity contribution is 6.11. The number of nitrogens with one attached hydrogen (secondary N) is 2. The maximum Gasteiger partial charge on any atom is 0.336 e. The molecule has 1 aromatic heterocycles. The number of aromatic carboxylic acids is 1. The minimum atomic E-state index is -1.22. The molecule has 1 heterocycles. The SMILES string of the molecule is CCOc1cc(NC(=O)c2ccccc2C(=O)O)c(OCC)cc1NC(=O)c1ccco1. The summed E-state index contributed by atoms with van der Waals surface area (Å²) in [6.45, 7) is 4.12. The lowest BCUT2D eigenvalue weighted by Crippen LogP contribution is -2.18. The van der Waals surface area contributed by atoms with Crippen LogP contribution in [0.25, 0.3) is 0 Å². The number of rotatable bonds is 9. The van der Waals surface area contributed by atoms with Gasteiger partial charge in [-0.25, -0.2) is 4.79 Å². The Morgan fingerprint density at radius 3 is 1.91 bits per heavy atom. The second-order valence-corrected chi connectivity index (χ2v) is 6.45. The summed E-state index contributed by atoms with van der Waals surface area (Å²) in [5.74, 6) is -1.64. The number of carboxylic acid groups (broad SMARTS) is 1. The van der Waals surface area contributed by atoms with Crippen LogP contribution in [-0.4, -0.2) is 36.1 Å². The first-order valence-electron chi connectivity index (χ1n) is 9.86. The van der Waals surface area contributed by atoms with E-state index in [9.17, 15) is 19.5 Å². The van der Waals surface area contributed by atoms with Crippen molar-refractivity contribution in [1.29, 1.82) is 0 Å². The van der Waals surface area contributed by atoms with E-state index in [-0.39, 0.29) is 40.7 Å². The number of hydrogen-bond donors (Lipinski definition) is 3. The zero-order chi connectivity index (χ0) is 23.1. The van der Waals surface area contributed by atoms with Crippen LogP contribution in [0.4, 0.5) is 11.4 Å². The van der Waals surface area contributed by atoms with Gasteiger partial charge in [0.1, 0.15) is 11.5 Å². The van der Waals surface area contributed by atoms with Gasteiger partial charge in [-0.15, -0.1) is 0 Å². The van der Waals surface area contributed by atoms with Gasteiger partial charge in [0.15, 0.2) is 5.76 Å². The molecular weight excluding hydrogens is 416 g/mol. The summed E-state index contributed by atoms with van der Waals surface area (Å²) in [6, 6.07) is 12.0. The van der Waals surface area contributed by atoms with Crippen LogP contribution in [0.5, 0.6) is 11.5 Å². The van der Waals surface area contributed by atoms with Crippen LogP contribution in [0.15, 0.2) is 59.2 Å². The minimum absolute atomic E-state index is 0.00407. The lowest BCUT2D eigenvalue weighted by Gasteiger charge is -2.18. The molecule has 0 saturated heterocycles. The van der Waals surface area contributed by atoms with Crippen LogP contribution in [0, 0.1) is 0 Å². The molecule has 0 spiro atoms. The van der Waals surface area contributed by atoms with E-state index in [0.29, 0.717) is 12.3 Å². The molecule has 3 aromatic rings. The monoisotopic (exact) mass is 438 g/mol. The summed E-state index contributed by atoms with van der Waals surface area (Å²) >= 11 is 0. The molecular formula is C23H22N2O7. The largest absolute Gasteiger partial charge is 0.492 e. The Kier molecular flexibility index (Phi) is 7.12. The molecule has 2 amide bonds. The van der Waals surface area contributed by atoms with Gasteiger partial charge in [0, 0.05) is 12.1 Å². The minimum Gasteiger partial charge on any atom is -0.492 e. The lowest BCUT2D eigenvalue weighted by molar-refractivity contribution is 0.0692. The lowest BCUT2D eigenvalue weighted by atomic mass is 10.1. The summed E-state index contributed by atoms with van der Waals surface area (Å²) < 4.78 is 16.4. The molecule has 0 aliphatic carbocycles. The molecule has 32 heavy (non-hydrogen) atoms. The first kappa shape index (κ1) is 22.4. The van der Waals surface area contributed by atoms with E-state index in [0.717, 1.165) is 0 Å². The number of amides is 2. The maximum atomic E-state index is 12.8. The summed E-state index contributed by atoms with van der Waals surface area (Å²) in [5, 5.41) is 14.7. The molecule has 2 aromatic carbocycles. The predicted molar refractivity (Wildman–Crippen MR) is 117 cm³/mol. The molecule has 3 N–H and O–H groups in total. The third-order valence-corrected chi connectivity index (χ3v) is 4.32. The predicted octanol–water partition coefficient (Wildman–Crippen LogP) is 4.28. The zero-order valence-corrected chi connectivity index (χ0v) is 17.5. The van der Waals surface area contributed by atoms with Gasteiger partial charge in [0.2, 0.25) is 0 Å². The molecule has 0 fully saturated rings. The molecule has 3 rings (SSSR count). The van der Waals surface area contributed by atoms with Crippen molar-refractivity contribution in [3.63, 3.8) is 0 Å². The molecule has 9 heteroatoms. The Morgan fingerprint density at radius 1 is 0.844 bits per heavy atom. The first-order valence-corrected chi connectivity index (χ1v) is 9.86. The number of carbonyl (C=O) groups is 3. The molecule has 0 atom stereocenters. The van der Waals surface area contributed by atoms with Crippen molar-refractivity contribution in [2.75, 3.05) is 23.8 Å². The van der Waals surface area contributed by atoms with E-state index in [1.165, 1.54) is 42.7 Å². The van der Waals surface area contributed by atoms with Crippen molar-refractivity contribution >= 4 is 29.2 Å². The Morgan fingerprint density at radius 2 is 1.41 bits per heavy atom. The quantitative estimate of drug-likeness (QED) is 0.455. The second kappa shape index (κ2) is 10.2. The number of ether oxygens (including phenoxy) is 2. The van der Waals surface area contributed by atoms with E-state index in [4.69, 9.17) is 13.9 Å². The van der Waals surface area contributed by atoms with Crippen LogP contribution >= 0.6 is 0 Å². The van der Waals surface area contributed by atoms with E-state index < -0.39 is 17.8 Å². The molecule has 0 unspecified atom stereocenters. The fraction of sp³-hybridized carbons (Fsp3) is 0.174. The number of carbonyl (C=O) groups excluding carboxylic acids is 2. The molecule has 0 aliphatic rings. The summed E-state index contributed by atoms with van der Waals surface area (Å²) in [7, 11) is 0. The Hall–Kier alpha value is -4.27. The van der Waals surface area contributed by atoms with E-state index in [2.05, 4.69) is 10.6 Å². The van der Waals surface area contributed by atoms with Crippen molar-refractivity contribution in [3.8, 4) is 11.5 Å². The van der Waals surface area contributed by atoms with Crippen molar-refractivity contribution in [2.24, 2.45) is 0 Å². The number of hydrogen-bond acceptors (Lipinski definition) is 6. The van der Waals surface area contributed by atoms with Crippen LogP contribution in [-0.2, 0) is 0 Å². The molecule has 0 saturated carbocycles. The zero-order valence-electron chi connectivity index (χ0n) is 17.5. The number of anilines is 2. The van der Waals surface area contributed by atoms with Gasteiger partial charge in [-0.2, -0.15) is 0 Å². The Bertz CT molecular complexity index is 1120. The highest BCUT2D eigenvalue weighted by atomic mass is 16.5. The smallest absolute Gasteiger partial charge is 0.336 e. The third-order valence-electron chi connectivity index (χ3n) is 4.32. The van der Waals surface area contributed by atoms with Gasteiger partial charge < -0.3 is 29.6 Å². The average molecular weight is 438 g/mol. The maximum absolute atomic E-state index is 12.8. The van der Waals surface area contributed by atoms with Crippen LogP contribution < -0.4 is 20.1 Å². The fourth-order valence-electron chi connectivity index (χ4n) is 2.95. The van der Waals surface area contributed by atoms with Crippen LogP contribution in [0.2, 0.25) is 0 Å². The second-order valence-electron chi connectivity index (χ2n) is 6.45. The van der Waals surface area contributed by atoms with Gasteiger partial charge in [0.05, 0.1) is 42.0 Å².